The molecule has 3 nitrogen and oxygen atoms in total. The summed E-state index contributed by atoms with van der Waals surface area (Å²) in [4.78, 5) is 12.0. The van der Waals surface area contributed by atoms with Gasteiger partial charge in [0.15, 0.2) is 0 Å². The number of rotatable bonds is 4. The van der Waals surface area contributed by atoms with Gasteiger partial charge in [0.2, 0.25) is 0 Å². The third-order valence-electron chi connectivity index (χ3n) is 7.06. The van der Waals surface area contributed by atoms with Gasteiger partial charge >= 0.3 is 6.03 Å². The predicted octanol–water partition coefficient (Wildman–Crippen LogP) is 2.38. The second-order valence-electron chi connectivity index (χ2n) is 7.85. The summed E-state index contributed by atoms with van der Waals surface area (Å²) in [6.07, 6.45) is 8.34. The average Bonchev–Trinajstić information content (AvgIpc) is 3.04. The molecule has 2 amide bonds. The van der Waals surface area contributed by atoms with Crippen molar-refractivity contribution in [3.63, 3.8) is 0 Å². The van der Waals surface area contributed by atoms with Gasteiger partial charge in [-0.1, -0.05) is 0 Å². The fraction of sp³-hybridized carbons (Fsp3) is 0.938. The van der Waals surface area contributed by atoms with Crippen LogP contribution >= 0.6 is 0 Å². The van der Waals surface area contributed by atoms with Crippen molar-refractivity contribution >= 4 is 6.03 Å². The Kier molecular flexibility index (Phi) is 2.13. The maximum atomic E-state index is 12.0. The first-order valence-corrected chi connectivity index (χ1v) is 8.35. The molecule has 6 aliphatic carbocycles. The summed E-state index contributed by atoms with van der Waals surface area (Å²) in [7, 11) is 0. The van der Waals surface area contributed by atoms with Gasteiger partial charge < -0.3 is 10.6 Å². The first-order valence-electron chi connectivity index (χ1n) is 8.35. The van der Waals surface area contributed by atoms with E-state index in [0.29, 0.717) is 6.04 Å². The minimum Gasteiger partial charge on any atom is -0.338 e. The number of carbonyl (C=O) groups is 1. The van der Waals surface area contributed by atoms with E-state index in [1.807, 2.05) is 0 Å². The highest BCUT2D eigenvalue weighted by molar-refractivity contribution is 5.74. The molecule has 0 heterocycles. The zero-order valence-corrected chi connectivity index (χ0v) is 11.5. The fourth-order valence-electron chi connectivity index (χ4n) is 6.04. The lowest BCUT2D eigenvalue weighted by atomic mass is 10.00. The molecule has 0 spiro atoms. The molecule has 19 heavy (non-hydrogen) atoms. The number of fused-ring (bicyclic) bond motifs is 1. The lowest BCUT2D eigenvalue weighted by Gasteiger charge is -2.18. The van der Waals surface area contributed by atoms with Crippen LogP contribution in [0.25, 0.3) is 0 Å². The summed E-state index contributed by atoms with van der Waals surface area (Å²) in [6, 6.07) is 0.628. The van der Waals surface area contributed by atoms with Crippen molar-refractivity contribution in [1.29, 1.82) is 0 Å². The first-order chi connectivity index (χ1) is 9.31. The Morgan fingerprint density at radius 3 is 2.37 bits per heavy atom. The molecule has 6 rings (SSSR count). The van der Waals surface area contributed by atoms with E-state index in [9.17, 15) is 4.79 Å². The summed E-state index contributed by atoms with van der Waals surface area (Å²) < 4.78 is 0. The van der Waals surface area contributed by atoms with Crippen LogP contribution < -0.4 is 10.6 Å². The average molecular weight is 260 g/mol. The van der Waals surface area contributed by atoms with E-state index in [4.69, 9.17) is 0 Å². The Hall–Kier alpha value is -0.730. The van der Waals surface area contributed by atoms with Crippen LogP contribution in [-0.4, -0.2) is 18.6 Å². The van der Waals surface area contributed by atoms with Gasteiger partial charge in [-0.15, -0.1) is 0 Å². The summed E-state index contributed by atoms with van der Waals surface area (Å²) in [5.41, 5.74) is 0. The highest BCUT2D eigenvalue weighted by Crippen LogP contribution is 2.70. The molecular formula is C16H24N2O. The van der Waals surface area contributed by atoms with Gasteiger partial charge in [-0.2, -0.15) is 0 Å². The van der Waals surface area contributed by atoms with Crippen LogP contribution in [0.3, 0.4) is 0 Å². The van der Waals surface area contributed by atoms with Crippen molar-refractivity contribution in [2.75, 3.05) is 6.54 Å². The summed E-state index contributed by atoms with van der Waals surface area (Å²) in [5, 5.41) is 6.36. The zero-order valence-electron chi connectivity index (χ0n) is 11.5. The van der Waals surface area contributed by atoms with Gasteiger partial charge in [0.25, 0.3) is 0 Å². The molecule has 0 saturated heterocycles. The predicted molar refractivity (Wildman–Crippen MR) is 72.5 cm³/mol. The molecule has 0 aromatic heterocycles. The maximum Gasteiger partial charge on any atom is 0.315 e. The highest BCUT2D eigenvalue weighted by atomic mass is 16.2. The maximum absolute atomic E-state index is 12.0. The van der Waals surface area contributed by atoms with Crippen LogP contribution in [0.15, 0.2) is 0 Å². The fourth-order valence-corrected chi connectivity index (χ4v) is 6.04. The van der Waals surface area contributed by atoms with Gasteiger partial charge in [-0.25, -0.2) is 4.79 Å². The first kappa shape index (κ1) is 11.0. The van der Waals surface area contributed by atoms with E-state index in [1.165, 1.54) is 38.5 Å². The lowest BCUT2D eigenvalue weighted by Crippen LogP contribution is -2.44. The molecule has 0 aliphatic heterocycles. The standard InChI is InChI=1S/C16H24N2O/c19-16(17-4-3-8-1-2-9-5-11(8)9)18-15-10-6-12-13(7-10)14(12)15/h8-15H,1-7H2,(H2,17,18,19). The molecule has 6 saturated carbocycles. The molecule has 3 heteroatoms. The Morgan fingerprint density at radius 2 is 1.79 bits per heavy atom. The molecule has 4 bridgehead atoms. The molecule has 6 atom stereocenters. The molecule has 0 radical (unpaired) electrons. The Balaban J connectivity index is 1.07. The summed E-state index contributed by atoms with van der Waals surface area (Å²) in [5.74, 6) is 6.65. The van der Waals surface area contributed by atoms with E-state index in [-0.39, 0.29) is 6.03 Å². The van der Waals surface area contributed by atoms with E-state index < -0.39 is 0 Å². The van der Waals surface area contributed by atoms with Crippen LogP contribution in [-0.2, 0) is 0 Å². The Bertz CT molecular complexity index is 409. The van der Waals surface area contributed by atoms with Crippen LogP contribution in [0.1, 0.15) is 38.5 Å². The minimum atomic E-state index is 0.105. The van der Waals surface area contributed by atoms with Gasteiger partial charge in [0, 0.05) is 12.6 Å². The van der Waals surface area contributed by atoms with Crippen molar-refractivity contribution in [2.24, 2.45) is 41.4 Å². The van der Waals surface area contributed by atoms with E-state index in [0.717, 1.165) is 48.0 Å². The minimum absolute atomic E-state index is 0.105. The number of carbonyl (C=O) groups excluding carboxylic acids is 1. The molecular weight excluding hydrogens is 236 g/mol. The number of urea groups is 1. The van der Waals surface area contributed by atoms with Crippen LogP contribution in [0.5, 0.6) is 0 Å². The van der Waals surface area contributed by atoms with Crippen LogP contribution in [0.2, 0.25) is 0 Å². The molecule has 104 valence electrons. The van der Waals surface area contributed by atoms with Crippen LogP contribution in [0, 0.1) is 41.4 Å². The second kappa shape index (κ2) is 3.67. The number of amides is 2. The third-order valence-corrected chi connectivity index (χ3v) is 7.06. The highest BCUT2D eigenvalue weighted by Gasteiger charge is 2.68. The van der Waals surface area contributed by atoms with Crippen LogP contribution in [0.4, 0.5) is 4.79 Å². The Labute approximate surface area is 114 Å². The molecule has 6 fully saturated rings. The molecule has 0 aromatic rings. The Morgan fingerprint density at radius 1 is 1.00 bits per heavy atom. The lowest BCUT2D eigenvalue weighted by molar-refractivity contribution is 0.232. The quantitative estimate of drug-likeness (QED) is 0.800. The SMILES string of the molecule is O=C(NCCC1CCC2CC12)NC1C2CC3C(C2)C31. The topological polar surface area (TPSA) is 41.1 Å². The molecule has 6 aliphatic rings. The monoisotopic (exact) mass is 260 g/mol. The van der Waals surface area contributed by atoms with Crippen molar-refractivity contribution in [3.8, 4) is 0 Å². The van der Waals surface area contributed by atoms with Gasteiger partial charge in [0.1, 0.15) is 0 Å². The third kappa shape index (κ3) is 1.59. The smallest absolute Gasteiger partial charge is 0.315 e. The number of hydrogen-bond donors (Lipinski definition) is 2. The van der Waals surface area contributed by atoms with E-state index in [1.54, 1.807) is 0 Å². The van der Waals surface area contributed by atoms with Gasteiger partial charge in [0.05, 0.1) is 0 Å². The zero-order chi connectivity index (χ0) is 12.6. The molecule has 6 unspecified atom stereocenters. The number of hydrogen-bond acceptors (Lipinski definition) is 1. The normalized spacial score (nSPS) is 54.9. The largest absolute Gasteiger partial charge is 0.338 e. The van der Waals surface area contributed by atoms with Crippen molar-refractivity contribution in [2.45, 2.75) is 44.6 Å². The number of nitrogens with one attached hydrogen (secondary N) is 2. The van der Waals surface area contributed by atoms with Crippen molar-refractivity contribution in [3.05, 3.63) is 0 Å². The van der Waals surface area contributed by atoms with E-state index in [2.05, 4.69) is 10.6 Å². The molecule has 2 N–H and O–H groups in total. The second-order valence-corrected chi connectivity index (χ2v) is 7.85. The molecule has 0 aromatic carbocycles. The summed E-state index contributed by atoms with van der Waals surface area (Å²) >= 11 is 0. The van der Waals surface area contributed by atoms with E-state index >= 15 is 0 Å². The summed E-state index contributed by atoms with van der Waals surface area (Å²) in [6.45, 7) is 0.884. The van der Waals surface area contributed by atoms with Crippen molar-refractivity contribution < 1.29 is 4.79 Å². The van der Waals surface area contributed by atoms with Crippen molar-refractivity contribution in [1.82, 2.24) is 10.6 Å². The van der Waals surface area contributed by atoms with Gasteiger partial charge in [-0.3, -0.25) is 0 Å². The van der Waals surface area contributed by atoms with Gasteiger partial charge in [-0.05, 0) is 80.0 Å².